The third-order valence-electron chi connectivity index (χ3n) is 3.11. The van der Waals surface area contributed by atoms with E-state index in [0.717, 1.165) is 14.2 Å². The van der Waals surface area contributed by atoms with Crippen molar-refractivity contribution in [2.24, 2.45) is 0 Å². The summed E-state index contributed by atoms with van der Waals surface area (Å²) in [7, 11) is 4.65. The molecule has 0 radical (unpaired) electrons. The van der Waals surface area contributed by atoms with Crippen LogP contribution in [0.2, 0.25) is 0 Å². The summed E-state index contributed by atoms with van der Waals surface area (Å²) in [6.45, 7) is 2.00. The molecule has 0 aliphatic rings. The van der Waals surface area contributed by atoms with Crippen LogP contribution in [-0.2, 0) is 0 Å². The van der Waals surface area contributed by atoms with Crippen molar-refractivity contribution in [3.8, 4) is 17.2 Å². The molecule has 0 spiro atoms. The average molecular weight is 373 g/mol. The van der Waals surface area contributed by atoms with Gasteiger partial charge in [0.25, 0.3) is 0 Å². The Kier molecular flexibility index (Phi) is 5.13. The van der Waals surface area contributed by atoms with Gasteiger partial charge in [-0.25, -0.2) is 0 Å². The van der Waals surface area contributed by atoms with Crippen LogP contribution in [0.4, 0.5) is 0 Å². The van der Waals surface area contributed by atoms with E-state index in [9.17, 15) is 5.11 Å². The SMILES string of the molecule is COc1ccc(C(O)c2sc(C)cc2Br)c(OC)c1OC. The van der Waals surface area contributed by atoms with Crippen molar-refractivity contribution in [2.45, 2.75) is 13.0 Å². The van der Waals surface area contributed by atoms with Crippen molar-refractivity contribution in [1.29, 1.82) is 0 Å². The second-order valence-corrected chi connectivity index (χ2v) is 6.54. The highest BCUT2D eigenvalue weighted by Crippen LogP contribution is 2.45. The first kappa shape index (κ1) is 16.1. The van der Waals surface area contributed by atoms with E-state index in [1.54, 1.807) is 33.5 Å². The molecular weight excluding hydrogens is 356 g/mol. The number of methoxy groups -OCH3 is 3. The molecule has 0 saturated carbocycles. The first-order valence-corrected chi connectivity index (χ1v) is 7.87. The topological polar surface area (TPSA) is 47.9 Å². The van der Waals surface area contributed by atoms with Gasteiger partial charge in [-0.05, 0) is 41.1 Å². The monoisotopic (exact) mass is 372 g/mol. The summed E-state index contributed by atoms with van der Waals surface area (Å²) in [5.74, 6) is 1.51. The van der Waals surface area contributed by atoms with Gasteiger partial charge in [-0.3, -0.25) is 0 Å². The Hall–Kier alpha value is -1.24. The zero-order valence-corrected chi connectivity index (χ0v) is 14.7. The number of aliphatic hydroxyl groups is 1. The average Bonchev–Trinajstić information content (AvgIpc) is 2.83. The molecule has 4 nitrogen and oxygen atoms in total. The first-order valence-electron chi connectivity index (χ1n) is 6.26. The Morgan fingerprint density at radius 2 is 1.76 bits per heavy atom. The second-order valence-electron chi connectivity index (χ2n) is 4.40. The minimum atomic E-state index is -0.798. The molecule has 1 aromatic heterocycles. The Bertz CT molecular complexity index is 639. The molecule has 0 aliphatic heterocycles. The van der Waals surface area contributed by atoms with E-state index in [-0.39, 0.29) is 0 Å². The molecule has 6 heteroatoms. The van der Waals surface area contributed by atoms with Gasteiger partial charge in [0, 0.05) is 14.9 Å². The van der Waals surface area contributed by atoms with Gasteiger partial charge in [0.15, 0.2) is 11.5 Å². The van der Waals surface area contributed by atoms with E-state index in [0.29, 0.717) is 22.8 Å². The quantitative estimate of drug-likeness (QED) is 0.863. The molecular formula is C15H17BrO4S. The van der Waals surface area contributed by atoms with Gasteiger partial charge >= 0.3 is 0 Å². The maximum Gasteiger partial charge on any atom is 0.203 e. The van der Waals surface area contributed by atoms with Crippen LogP contribution in [0.3, 0.4) is 0 Å². The van der Waals surface area contributed by atoms with Crippen LogP contribution in [0.1, 0.15) is 21.4 Å². The van der Waals surface area contributed by atoms with Crippen LogP contribution in [0.15, 0.2) is 22.7 Å². The fourth-order valence-electron chi connectivity index (χ4n) is 2.17. The van der Waals surface area contributed by atoms with E-state index >= 15 is 0 Å². The molecule has 0 bridgehead atoms. The van der Waals surface area contributed by atoms with Gasteiger partial charge in [0.2, 0.25) is 5.75 Å². The molecule has 0 saturated heterocycles. The number of rotatable bonds is 5. The highest BCUT2D eigenvalue weighted by molar-refractivity contribution is 9.10. The lowest BCUT2D eigenvalue weighted by atomic mass is 10.1. The summed E-state index contributed by atoms with van der Waals surface area (Å²) >= 11 is 5.01. The number of aliphatic hydroxyl groups excluding tert-OH is 1. The molecule has 2 rings (SSSR count). The van der Waals surface area contributed by atoms with Gasteiger partial charge in [-0.1, -0.05) is 0 Å². The van der Waals surface area contributed by atoms with Crippen molar-refractivity contribution in [2.75, 3.05) is 21.3 Å². The van der Waals surface area contributed by atoms with Crippen molar-refractivity contribution in [1.82, 2.24) is 0 Å². The first-order chi connectivity index (χ1) is 10.0. The molecule has 114 valence electrons. The lowest BCUT2D eigenvalue weighted by molar-refractivity contribution is 0.215. The minimum absolute atomic E-state index is 0.473. The molecule has 1 atom stereocenters. The van der Waals surface area contributed by atoms with Crippen molar-refractivity contribution in [3.63, 3.8) is 0 Å². The molecule has 2 aromatic rings. The predicted molar refractivity (Wildman–Crippen MR) is 86.9 cm³/mol. The van der Waals surface area contributed by atoms with Crippen LogP contribution < -0.4 is 14.2 Å². The largest absolute Gasteiger partial charge is 0.493 e. The zero-order valence-electron chi connectivity index (χ0n) is 12.3. The Morgan fingerprint density at radius 1 is 1.10 bits per heavy atom. The molecule has 1 N–H and O–H groups in total. The second kappa shape index (κ2) is 6.68. The number of ether oxygens (including phenoxy) is 3. The number of halogens is 1. The van der Waals surface area contributed by atoms with Gasteiger partial charge in [-0.2, -0.15) is 0 Å². The maximum absolute atomic E-state index is 10.7. The summed E-state index contributed by atoms with van der Waals surface area (Å²) in [5, 5.41) is 10.7. The Labute approximate surface area is 136 Å². The van der Waals surface area contributed by atoms with E-state index in [4.69, 9.17) is 14.2 Å². The number of benzene rings is 1. The molecule has 1 unspecified atom stereocenters. The number of hydrogen-bond acceptors (Lipinski definition) is 5. The fraction of sp³-hybridized carbons (Fsp3) is 0.333. The normalized spacial score (nSPS) is 12.1. The maximum atomic E-state index is 10.7. The highest BCUT2D eigenvalue weighted by Gasteiger charge is 2.24. The van der Waals surface area contributed by atoms with Crippen molar-refractivity contribution < 1.29 is 19.3 Å². The zero-order chi connectivity index (χ0) is 15.6. The fourth-order valence-corrected chi connectivity index (χ4v) is 4.04. The number of aryl methyl sites for hydroxylation is 1. The third-order valence-corrected chi connectivity index (χ3v) is 5.14. The highest BCUT2D eigenvalue weighted by atomic mass is 79.9. The molecule has 0 aliphatic carbocycles. The summed E-state index contributed by atoms with van der Waals surface area (Å²) in [6.07, 6.45) is -0.798. The summed E-state index contributed by atoms with van der Waals surface area (Å²) < 4.78 is 16.9. The summed E-state index contributed by atoms with van der Waals surface area (Å²) in [4.78, 5) is 1.95. The van der Waals surface area contributed by atoms with E-state index in [1.807, 2.05) is 13.0 Å². The Balaban J connectivity index is 2.55. The van der Waals surface area contributed by atoms with E-state index in [1.165, 1.54) is 11.3 Å². The Morgan fingerprint density at radius 3 is 2.24 bits per heavy atom. The number of thiophene rings is 1. The minimum Gasteiger partial charge on any atom is -0.493 e. The molecule has 1 aromatic carbocycles. The van der Waals surface area contributed by atoms with Crippen LogP contribution in [0.5, 0.6) is 17.2 Å². The summed E-state index contributed by atoms with van der Waals surface area (Å²) in [5.41, 5.74) is 0.637. The van der Waals surface area contributed by atoms with Crippen LogP contribution >= 0.6 is 27.3 Å². The van der Waals surface area contributed by atoms with E-state index < -0.39 is 6.10 Å². The lowest BCUT2D eigenvalue weighted by Gasteiger charge is -2.18. The summed E-state index contributed by atoms with van der Waals surface area (Å²) in [6, 6.07) is 5.52. The van der Waals surface area contributed by atoms with Gasteiger partial charge < -0.3 is 19.3 Å². The number of hydrogen-bond donors (Lipinski definition) is 1. The van der Waals surface area contributed by atoms with Crippen LogP contribution in [0, 0.1) is 6.92 Å². The molecule has 21 heavy (non-hydrogen) atoms. The molecule has 1 heterocycles. The van der Waals surface area contributed by atoms with Crippen molar-refractivity contribution in [3.05, 3.63) is 38.0 Å². The smallest absolute Gasteiger partial charge is 0.203 e. The van der Waals surface area contributed by atoms with Gasteiger partial charge in [0.05, 0.1) is 26.2 Å². The lowest BCUT2D eigenvalue weighted by Crippen LogP contribution is -2.04. The standard InChI is InChI=1S/C15H17BrO4S/c1-8-7-10(16)15(21-8)12(17)9-5-6-11(18-2)14(20-4)13(9)19-3/h5-7,12,17H,1-4H3. The van der Waals surface area contributed by atoms with E-state index in [2.05, 4.69) is 15.9 Å². The molecule has 0 fully saturated rings. The van der Waals surface area contributed by atoms with Crippen LogP contribution in [-0.4, -0.2) is 26.4 Å². The van der Waals surface area contributed by atoms with Crippen LogP contribution in [0.25, 0.3) is 0 Å². The predicted octanol–water partition coefficient (Wildman–Crippen LogP) is 3.93. The van der Waals surface area contributed by atoms with Gasteiger partial charge in [-0.15, -0.1) is 11.3 Å². The van der Waals surface area contributed by atoms with Gasteiger partial charge in [0.1, 0.15) is 6.10 Å². The van der Waals surface area contributed by atoms with Crippen molar-refractivity contribution >= 4 is 27.3 Å². The third kappa shape index (κ3) is 3.02. The molecule has 0 amide bonds.